The van der Waals surface area contributed by atoms with Crippen molar-refractivity contribution < 1.29 is 24.3 Å². The summed E-state index contributed by atoms with van der Waals surface area (Å²) >= 11 is 4.04. The molecule has 0 radical (unpaired) electrons. The average Bonchev–Trinajstić information content (AvgIpc) is 3.27. The minimum Gasteiger partial charge on any atom is -0.480 e. The van der Waals surface area contributed by atoms with Crippen molar-refractivity contribution in [3.63, 3.8) is 0 Å². The van der Waals surface area contributed by atoms with Gasteiger partial charge in [-0.1, -0.05) is 20.3 Å². The van der Waals surface area contributed by atoms with Crippen LogP contribution >= 0.6 is 12.6 Å². The molecule has 1 fully saturated rings. The number of aliphatic imine (C=N–C) groups is 1. The van der Waals surface area contributed by atoms with Gasteiger partial charge in [0.2, 0.25) is 17.7 Å². The van der Waals surface area contributed by atoms with E-state index in [1.54, 1.807) is 6.92 Å². The minimum atomic E-state index is -1.16. The number of carbonyl (C=O) groups excluding carboxylic acids is 3. The summed E-state index contributed by atoms with van der Waals surface area (Å²) in [4.78, 5) is 55.4. The first kappa shape index (κ1) is 28.5. The fourth-order valence-electron chi connectivity index (χ4n) is 3.57. The summed E-state index contributed by atoms with van der Waals surface area (Å²) in [5.74, 6) is -2.91. The summed E-state index contributed by atoms with van der Waals surface area (Å²) in [5, 5.41) is 14.7. The number of carbonyl (C=O) groups is 4. The third kappa shape index (κ3) is 8.72. The molecule has 0 aromatic heterocycles. The summed E-state index contributed by atoms with van der Waals surface area (Å²) in [7, 11) is 0. The lowest BCUT2D eigenvalue weighted by molar-refractivity contribution is -0.144. The summed E-state index contributed by atoms with van der Waals surface area (Å²) in [6.07, 6.45) is 2.15. The zero-order chi connectivity index (χ0) is 25.1. The molecule has 0 aromatic rings. The Balaban J connectivity index is 2.97. The van der Waals surface area contributed by atoms with E-state index >= 15 is 0 Å². The monoisotopic (exact) mass is 487 g/mol. The lowest BCUT2D eigenvalue weighted by Crippen LogP contribution is -2.57. The molecular formula is C20H37N7O5S. The number of nitrogens with zero attached hydrogens (tertiary/aromatic N) is 2. The maximum absolute atomic E-state index is 13.0. The molecular weight excluding hydrogens is 450 g/mol. The van der Waals surface area contributed by atoms with Crippen molar-refractivity contribution in [2.75, 3.05) is 18.8 Å². The molecule has 5 unspecified atom stereocenters. The molecule has 0 aromatic carbocycles. The normalized spacial score (nSPS) is 19.2. The van der Waals surface area contributed by atoms with Crippen LogP contribution in [0.1, 0.15) is 46.0 Å². The van der Waals surface area contributed by atoms with E-state index in [0.29, 0.717) is 32.2 Å². The second kappa shape index (κ2) is 13.9. The van der Waals surface area contributed by atoms with Crippen molar-refractivity contribution in [2.24, 2.45) is 28.1 Å². The molecule has 0 spiro atoms. The van der Waals surface area contributed by atoms with E-state index in [1.165, 1.54) is 4.90 Å². The molecule has 33 heavy (non-hydrogen) atoms. The van der Waals surface area contributed by atoms with Gasteiger partial charge in [0.05, 0.1) is 6.04 Å². The molecule has 1 aliphatic heterocycles. The van der Waals surface area contributed by atoms with Crippen molar-refractivity contribution >= 4 is 42.3 Å². The van der Waals surface area contributed by atoms with Gasteiger partial charge in [-0.25, -0.2) is 4.79 Å². The Hall–Kier alpha value is -2.54. The predicted molar refractivity (Wildman–Crippen MR) is 127 cm³/mol. The van der Waals surface area contributed by atoms with Gasteiger partial charge < -0.3 is 37.8 Å². The van der Waals surface area contributed by atoms with Gasteiger partial charge in [0, 0.05) is 18.8 Å². The molecule has 1 rings (SSSR count). The molecule has 5 atom stereocenters. The fourth-order valence-corrected chi connectivity index (χ4v) is 3.73. The first-order valence-electron chi connectivity index (χ1n) is 11.1. The Labute approximate surface area is 199 Å². The lowest BCUT2D eigenvalue weighted by atomic mass is 9.98. The Bertz CT molecular complexity index is 732. The Kier molecular flexibility index (Phi) is 12.0. The van der Waals surface area contributed by atoms with Crippen molar-refractivity contribution in [2.45, 2.75) is 70.1 Å². The number of likely N-dealkylation sites (tertiary alicyclic amines) is 1. The number of guanidine groups is 1. The van der Waals surface area contributed by atoms with Crippen LogP contribution in [0, 0.1) is 5.92 Å². The average molecular weight is 488 g/mol. The molecule has 0 saturated carbocycles. The first-order chi connectivity index (χ1) is 15.5. The number of thiol groups is 1. The molecule has 1 aliphatic rings. The molecule has 1 saturated heterocycles. The smallest absolute Gasteiger partial charge is 0.326 e. The second-order valence-electron chi connectivity index (χ2n) is 8.20. The van der Waals surface area contributed by atoms with Crippen LogP contribution in [-0.4, -0.2) is 82.7 Å². The number of aliphatic carboxylic acids is 1. The number of carboxylic acid groups (broad SMARTS) is 1. The van der Waals surface area contributed by atoms with E-state index < -0.39 is 42.0 Å². The maximum atomic E-state index is 13.0. The Morgan fingerprint density at radius 2 is 1.91 bits per heavy atom. The van der Waals surface area contributed by atoms with E-state index in [4.69, 9.17) is 17.2 Å². The third-order valence-electron chi connectivity index (χ3n) is 5.71. The highest BCUT2D eigenvalue weighted by Crippen LogP contribution is 2.19. The lowest BCUT2D eigenvalue weighted by Gasteiger charge is -2.29. The van der Waals surface area contributed by atoms with Crippen molar-refractivity contribution in [1.82, 2.24) is 15.5 Å². The van der Waals surface area contributed by atoms with E-state index in [-0.39, 0.29) is 36.5 Å². The highest BCUT2D eigenvalue weighted by molar-refractivity contribution is 7.80. The number of rotatable bonds is 13. The summed E-state index contributed by atoms with van der Waals surface area (Å²) in [6.45, 7) is 4.16. The standard InChI is InChI=1S/C20H37N7O5S/c1-3-11(2)15(19(31)32)26-16(28)13(6-4-8-24-20(22)23)25-17(29)14-7-5-9-27(14)18(30)12(21)10-33/h11-15,33H,3-10,21H2,1-2H3,(H,25,29)(H,26,28)(H,31,32)(H4,22,23,24). The maximum Gasteiger partial charge on any atom is 0.326 e. The van der Waals surface area contributed by atoms with Crippen LogP contribution in [0.4, 0.5) is 0 Å². The topological polar surface area (TPSA) is 206 Å². The highest BCUT2D eigenvalue weighted by atomic mass is 32.1. The van der Waals surface area contributed by atoms with Crippen LogP contribution < -0.4 is 27.8 Å². The molecule has 1 heterocycles. The molecule has 188 valence electrons. The quantitative estimate of drug-likeness (QED) is 0.0694. The summed E-state index contributed by atoms with van der Waals surface area (Å²) < 4.78 is 0. The van der Waals surface area contributed by atoms with Gasteiger partial charge >= 0.3 is 5.97 Å². The zero-order valence-electron chi connectivity index (χ0n) is 19.2. The largest absolute Gasteiger partial charge is 0.480 e. The number of carboxylic acids is 1. The SMILES string of the molecule is CCC(C)C(NC(=O)C(CCCN=C(N)N)NC(=O)C1CCCN1C(=O)C(N)CS)C(=O)O. The third-order valence-corrected chi connectivity index (χ3v) is 6.10. The van der Waals surface area contributed by atoms with E-state index in [0.717, 1.165) is 0 Å². The fraction of sp³-hybridized carbons (Fsp3) is 0.750. The zero-order valence-corrected chi connectivity index (χ0v) is 20.1. The molecule has 12 nitrogen and oxygen atoms in total. The highest BCUT2D eigenvalue weighted by Gasteiger charge is 2.37. The molecule has 0 aliphatic carbocycles. The number of nitrogens with two attached hydrogens (primary N) is 3. The van der Waals surface area contributed by atoms with Gasteiger partial charge in [-0.3, -0.25) is 19.4 Å². The van der Waals surface area contributed by atoms with E-state index in [9.17, 15) is 24.3 Å². The van der Waals surface area contributed by atoms with Gasteiger partial charge in [-0.2, -0.15) is 12.6 Å². The summed E-state index contributed by atoms with van der Waals surface area (Å²) in [5.41, 5.74) is 16.4. The van der Waals surface area contributed by atoms with Crippen LogP contribution in [0.2, 0.25) is 0 Å². The number of hydrogen-bond acceptors (Lipinski definition) is 7. The van der Waals surface area contributed by atoms with Crippen LogP contribution in [0.3, 0.4) is 0 Å². The molecule has 3 amide bonds. The van der Waals surface area contributed by atoms with E-state index in [2.05, 4.69) is 28.3 Å². The number of amides is 3. The summed E-state index contributed by atoms with van der Waals surface area (Å²) in [6, 6.07) is -3.71. The van der Waals surface area contributed by atoms with Crippen molar-refractivity contribution in [3.05, 3.63) is 0 Å². The first-order valence-corrected chi connectivity index (χ1v) is 11.7. The molecule has 13 heteroatoms. The van der Waals surface area contributed by atoms with Crippen LogP contribution in [0.15, 0.2) is 4.99 Å². The number of nitrogens with one attached hydrogen (secondary N) is 2. The Morgan fingerprint density at radius 3 is 2.45 bits per heavy atom. The van der Waals surface area contributed by atoms with Gasteiger partial charge in [-0.05, 0) is 31.6 Å². The molecule has 0 bridgehead atoms. The van der Waals surface area contributed by atoms with Gasteiger partial charge in [0.15, 0.2) is 5.96 Å². The van der Waals surface area contributed by atoms with Crippen molar-refractivity contribution in [1.29, 1.82) is 0 Å². The molecule has 9 N–H and O–H groups in total. The van der Waals surface area contributed by atoms with E-state index in [1.807, 2.05) is 6.92 Å². The van der Waals surface area contributed by atoms with Gasteiger partial charge in [0.25, 0.3) is 0 Å². The predicted octanol–water partition coefficient (Wildman–Crippen LogP) is -1.61. The Morgan fingerprint density at radius 1 is 1.24 bits per heavy atom. The van der Waals surface area contributed by atoms with Crippen LogP contribution in [-0.2, 0) is 19.2 Å². The van der Waals surface area contributed by atoms with Crippen LogP contribution in [0.5, 0.6) is 0 Å². The minimum absolute atomic E-state index is 0.0941. The van der Waals surface area contributed by atoms with Crippen LogP contribution in [0.25, 0.3) is 0 Å². The van der Waals surface area contributed by atoms with Gasteiger partial charge in [0.1, 0.15) is 18.1 Å². The second-order valence-corrected chi connectivity index (χ2v) is 8.56. The number of hydrogen-bond donors (Lipinski definition) is 7. The van der Waals surface area contributed by atoms with Crippen molar-refractivity contribution in [3.8, 4) is 0 Å². The van der Waals surface area contributed by atoms with Gasteiger partial charge in [-0.15, -0.1) is 0 Å².